The number of phenols is 1. The van der Waals surface area contributed by atoms with Crippen LogP contribution < -0.4 is 5.73 Å². The van der Waals surface area contributed by atoms with E-state index in [-0.39, 0.29) is 16.3 Å². The summed E-state index contributed by atoms with van der Waals surface area (Å²) in [5.41, 5.74) is 3.53. The molecular formula is C6H8NO4S+. The van der Waals surface area contributed by atoms with Gasteiger partial charge in [0.1, 0.15) is 4.90 Å². The van der Waals surface area contributed by atoms with E-state index >= 15 is 0 Å². The first-order valence-corrected chi connectivity index (χ1v) is 4.48. The molecule has 6 heteroatoms. The highest BCUT2D eigenvalue weighted by Gasteiger charge is 2.12. The van der Waals surface area contributed by atoms with Gasteiger partial charge in [0.15, 0.2) is 11.4 Å². The Kier molecular flexibility index (Phi) is 2.05. The van der Waals surface area contributed by atoms with E-state index in [1.807, 2.05) is 0 Å². The summed E-state index contributed by atoms with van der Waals surface area (Å²) in [6.45, 7) is 0. The zero-order valence-corrected chi connectivity index (χ0v) is 6.87. The molecule has 0 aromatic heterocycles. The second-order valence-corrected chi connectivity index (χ2v) is 3.69. The summed E-state index contributed by atoms with van der Waals surface area (Å²) in [5, 5.41) is 8.97. The monoisotopic (exact) mass is 190 g/mol. The number of benzene rings is 1. The number of phenolic OH excluding ortho intramolecular Hbond substituents is 1. The van der Waals surface area contributed by atoms with Crippen molar-refractivity contribution >= 4 is 15.8 Å². The maximum Gasteiger partial charge on any atom is 0.294 e. The lowest BCUT2D eigenvalue weighted by atomic mass is 10.3. The predicted molar refractivity (Wildman–Crippen MR) is 40.5 cm³/mol. The zero-order valence-electron chi connectivity index (χ0n) is 6.06. The van der Waals surface area contributed by atoms with Crippen LogP contribution in [0.2, 0.25) is 0 Å². The molecule has 0 amide bonds. The molecule has 0 atom stereocenters. The van der Waals surface area contributed by atoms with Crippen molar-refractivity contribution in [3.05, 3.63) is 18.2 Å². The first-order valence-electron chi connectivity index (χ1n) is 3.04. The lowest BCUT2D eigenvalue weighted by Crippen LogP contribution is -2.40. The van der Waals surface area contributed by atoms with Crippen molar-refractivity contribution in [1.29, 1.82) is 0 Å². The SMILES string of the molecule is [NH3+]c1cc(S(=O)(=O)O)ccc1O. The van der Waals surface area contributed by atoms with Gasteiger partial charge >= 0.3 is 0 Å². The van der Waals surface area contributed by atoms with E-state index in [4.69, 9.17) is 9.66 Å². The standard InChI is InChI=1S/C6H7NO4S/c7-5-3-4(12(9,10)11)1-2-6(5)8/h1-3,8H,7H2,(H,9,10,11)/p+1. The van der Waals surface area contributed by atoms with Crippen molar-refractivity contribution in [3.8, 4) is 5.75 Å². The number of quaternary nitrogens is 1. The molecule has 0 saturated heterocycles. The molecule has 66 valence electrons. The van der Waals surface area contributed by atoms with Gasteiger partial charge in [0.25, 0.3) is 10.1 Å². The third-order valence-corrected chi connectivity index (χ3v) is 2.20. The first kappa shape index (κ1) is 8.98. The molecular weight excluding hydrogens is 182 g/mol. The molecule has 1 rings (SSSR count). The van der Waals surface area contributed by atoms with E-state index in [0.29, 0.717) is 0 Å². The van der Waals surface area contributed by atoms with Crippen LogP contribution in [0.4, 0.5) is 5.69 Å². The molecule has 5 N–H and O–H groups in total. The van der Waals surface area contributed by atoms with Gasteiger partial charge in [-0.1, -0.05) is 0 Å². The fraction of sp³-hybridized carbons (Fsp3) is 0. The summed E-state index contributed by atoms with van der Waals surface area (Å²) in [5.74, 6) is -0.109. The number of aromatic hydroxyl groups is 1. The number of hydrogen-bond donors (Lipinski definition) is 3. The van der Waals surface area contributed by atoms with Gasteiger partial charge in [-0.3, -0.25) is 4.55 Å². The van der Waals surface area contributed by atoms with Crippen LogP contribution in [0, 0.1) is 0 Å². The third-order valence-electron chi connectivity index (χ3n) is 1.35. The van der Waals surface area contributed by atoms with E-state index in [2.05, 4.69) is 5.73 Å². The Bertz CT molecular complexity index is 398. The van der Waals surface area contributed by atoms with Gasteiger partial charge < -0.3 is 10.8 Å². The first-order chi connectivity index (χ1) is 5.41. The Morgan fingerprint density at radius 1 is 1.33 bits per heavy atom. The summed E-state index contributed by atoms with van der Waals surface area (Å²) in [6.07, 6.45) is 0. The van der Waals surface area contributed by atoms with Crippen molar-refractivity contribution < 1.29 is 23.8 Å². The Morgan fingerprint density at radius 3 is 2.33 bits per heavy atom. The highest BCUT2D eigenvalue weighted by atomic mass is 32.2. The highest BCUT2D eigenvalue weighted by molar-refractivity contribution is 7.85. The summed E-state index contributed by atoms with van der Waals surface area (Å²) in [4.78, 5) is -0.273. The second-order valence-electron chi connectivity index (χ2n) is 2.27. The molecule has 0 unspecified atom stereocenters. The Morgan fingerprint density at radius 2 is 1.92 bits per heavy atom. The lowest BCUT2D eigenvalue weighted by molar-refractivity contribution is -0.256. The van der Waals surface area contributed by atoms with Crippen LogP contribution >= 0.6 is 0 Å². The van der Waals surface area contributed by atoms with Crippen molar-refractivity contribution in [2.45, 2.75) is 4.90 Å². The summed E-state index contributed by atoms with van der Waals surface area (Å²) >= 11 is 0. The second kappa shape index (κ2) is 2.74. The van der Waals surface area contributed by atoms with Crippen LogP contribution in [0.25, 0.3) is 0 Å². The molecule has 1 aromatic carbocycles. The van der Waals surface area contributed by atoms with Crippen LogP contribution in [0.3, 0.4) is 0 Å². The molecule has 0 aliphatic heterocycles. The molecule has 5 nitrogen and oxygen atoms in total. The van der Waals surface area contributed by atoms with E-state index < -0.39 is 10.1 Å². The maximum absolute atomic E-state index is 10.5. The van der Waals surface area contributed by atoms with E-state index in [0.717, 1.165) is 18.2 Å². The average Bonchev–Trinajstić information content (AvgIpc) is 1.92. The van der Waals surface area contributed by atoms with Crippen LogP contribution in [0.15, 0.2) is 23.1 Å². The summed E-state index contributed by atoms with van der Waals surface area (Å²) in [6, 6.07) is 3.34. The third kappa shape index (κ3) is 1.73. The summed E-state index contributed by atoms with van der Waals surface area (Å²) in [7, 11) is -4.19. The van der Waals surface area contributed by atoms with Crippen LogP contribution in [-0.2, 0) is 10.1 Å². The molecule has 0 bridgehead atoms. The fourth-order valence-electron chi connectivity index (χ4n) is 0.722. The predicted octanol–water partition coefficient (Wildman–Crippen LogP) is -0.488. The maximum atomic E-state index is 10.5. The number of hydrogen-bond acceptors (Lipinski definition) is 3. The van der Waals surface area contributed by atoms with Crippen LogP contribution in [0.1, 0.15) is 0 Å². The van der Waals surface area contributed by atoms with Gasteiger partial charge in [0, 0.05) is 6.07 Å². The minimum Gasteiger partial charge on any atom is -0.503 e. The smallest absolute Gasteiger partial charge is 0.294 e. The van der Waals surface area contributed by atoms with Gasteiger partial charge in [-0.15, -0.1) is 0 Å². The minimum atomic E-state index is -4.19. The molecule has 0 radical (unpaired) electrons. The van der Waals surface area contributed by atoms with Crippen molar-refractivity contribution in [1.82, 2.24) is 0 Å². The topological polar surface area (TPSA) is 102 Å². The van der Waals surface area contributed by atoms with Crippen molar-refractivity contribution in [3.63, 3.8) is 0 Å². The van der Waals surface area contributed by atoms with Gasteiger partial charge in [-0.05, 0) is 12.1 Å². The number of rotatable bonds is 1. The van der Waals surface area contributed by atoms with Gasteiger partial charge in [0.2, 0.25) is 0 Å². The molecule has 0 heterocycles. The minimum absolute atomic E-state index is 0.109. The summed E-state index contributed by atoms with van der Waals surface area (Å²) < 4.78 is 29.7. The molecule has 0 aliphatic rings. The molecule has 0 saturated carbocycles. The lowest BCUT2D eigenvalue weighted by Gasteiger charge is -1.97. The molecule has 12 heavy (non-hydrogen) atoms. The average molecular weight is 190 g/mol. The quantitative estimate of drug-likeness (QED) is 0.520. The van der Waals surface area contributed by atoms with E-state index in [9.17, 15) is 8.42 Å². The molecule has 0 fully saturated rings. The fourth-order valence-corrected chi connectivity index (χ4v) is 1.25. The van der Waals surface area contributed by atoms with Gasteiger partial charge in [-0.2, -0.15) is 8.42 Å². The Balaban J connectivity index is 3.33. The van der Waals surface area contributed by atoms with E-state index in [1.165, 1.54) is 0 Å². The molecule has 1 aromatic rings. The molecule has 0 aliphatic carbocycles. The highest BCUT2D eigenvalue weighted by Crippen LogP contribution is 2.21. The Labute approximate surface area is 69.2 Å². The largest absolute Gasteiger partial charge is 0.503 e. The van der Waals surface area contributed by atoms with Gasteiger partial charge in [-0.25, -0.2) is 0 Å². The molecule has 0 spiro atoms. The zero-order chi connectivity index (χ0) is 9.35. The van der Waals surface area contributed by atoms with E-state index in [1.54, 1.807) is 0 Å². The van der Waals surface area contributed by atoms with Crippen LogP contribution in [0.5, 0.6) is 5.75 Å². The van der Waals surface area contributed by atoms with Crippen molar-refractivity contribution in [2.24, 2.45) is 0 Å². The van der Waals surface area contributed by atoms with Crippen molar-refractivity contribution in [2.75, 3.05) is 0 Å². The van der Waals surface area contributed by atoms with Crippen LogP contribution in [-0.4, -0.2) is 18.1 Å². The van der Waals surface area contributed by atoms with Gasteiger partial charge in [0.05, 0.1) is 0 Å². The normalized spacial score (nSPS) is 11.5. The Hall–Kier alpha value is -1.11.